The largest absolute Gasteiger partial charge is 0.354 e. The maximum atomic E-state index is 12.5. The van der Waals surface area contributed by atoms with Crippen molar-refractivity contribution in [2.45, 2.75) is 19.6 Å². The van der Waals surface area contributed by atoms with Crippen molar-refractivity contribution >= 4 is 7.60 Å². The van der Waals surface area contributed by atoms with Gasteiger partial charge in [-0.05, 0) is 19.4 Å². The third kappa shape index (κ3) is 3.63. The molecule has 0 saturated carbocycles. The third-order valence-corrected chi connectivity index (χ3v) is 4.45. The van der Waals surface area contributed by atoms with Crippen LogP contribution in [0.15, 0.2) is 30.3 Å². The van der Waals surface area contributed by atoms with E-state index in [4.69, 9.17) is 9.05 Å². The molecule has 0 aromatic heterocycles. The molecule has 96 valence electrons. The molecule has 1 atom stereocenters. The molecule has 1 rings (SSSR count). The molecule has 0 aliphatic rings. The second-order valence-corrected chi connectivity index (χ2v) is 5.43. The van der Waals surface area contributed by atoms with E-state index in [0.717, 1.165) is 0 Å². The van der Waals surface area contributed by atoms with E-state index in [1.807, 2.05) is 11.5 Å². The molecule has 1 aromatic carbocycles. The van der Waals surface area contributed by atoms with E-state index in [1.54, 1.807) is 38.1 Å². The maximum Gasteiger partial charge on any atom is 0.354 e. The predicted octanol–water partition coefficient (Wildman–Crippen LogP) is 2.93. The minimum absolute atomic E-state index is 0.252. The lowest BCUT2D eigenvalue weighted by Gasteiger charge is -2.25. The van der Waals surface area contributed by atoms with Gasteiger partial charge in [-0.3, -0.25) is 4.57 Å². The van der Waals surface area contributed by atoms with Crippen molar-refractivity contribution in [1.82, 2.24) is 5.48 Å². The first-order valence-electron chi connectivity index (χ1n) is 5.51. The van der Waals surface area contributed by atoms with Crippen LogP contribution in [0.4, 0.5) is 0 Å². The Morgan fingerprint density at radius 2 is 1.76 bits per heavy atom. The quantitative estimate of drug-likeness (QED) is 0.582. The van der Waals surface area contributed by atoms with Gasteiger partial charge >= 0.3 is 7.60 Å². The zero-order valence-corrected chi connectivity index (χ0v) is 10.9. The summed E-state index contributed by atoms with van der Waals surface area (Å²) in [6, 6.07) is 8.92. The van der Waals surface area contributed by atoms with Gasteiger partial charge in [-0.1, -0.05) is 30.3 Å². The molecule has 1 unspecified atom stereocenters. The van der Waals surface area contributed by atoms with Crippen molar-refractivity contribution in [3.63, 3.8) is 0 Å². The first-order chi connectivity index (χ1) is 8.18. The number of rotatable bonds is 7. The Balaban J connectivity index is 3.01. The fourth-order valence-electron chi connectivity index (χ4n) is 1.51. The van der Waals surface area contributed by atoms with Crippen LogP contribution in [0.3, 0.4) is 0 Å². The molecule has 2 N–H and O–H groups in total. The van der Waals surface area contributed by atoms with Crippen LogP contribution in [0, 0.1) is 0 Å². The fourth-order valence-corrected chi connectivity index (χ4v) is 3.28. The molecule has 0 bridgehead atoms. The zero-order valence-electron chi connectivity index (χ0n) is 10.00. The summed E-state index contributed by atoms with van der Waals surface area (Å²) < 4.78 is 22.9. The Kier molecular flexibility index (Phi) is 5.82. The minimum Gasteiger partial charge on any atom is -0.316 e. The second kappa shape index (κ2) is 6.89. The summed E-state index contributed by atoms with van der Waals surface area (Å²) in [6.45, 7) is 3.96. The Bertz CT molecular complexity index is 361. The van der Waals surface area contributed by atoms with Crippen molar-refractivity contribution in [3.8, 4) is 0 Å². The first-order valence-corrected chi connectivity index (χ1v) is 7.12. The van der Waals surface area contributed by atoms with Crippen LogP contribution in [-0.4, -0.2) is 18.4 Å². The molecule has 0 fully saturated rings. The summed E-state index contributed by atoms with van der Waals surface area (Å²) in [5, 5.41) is 9.19. The highest BCUT2D eigenvalue weighted by Crippen LogP contribution is 2.59. The van der Waals surface area contributed by atoms with E-state index >= 15 is 0 Å². The van der Waals surface area contributed by atoms with Gasteiger partial charge < -0.3 is 14.3 Å². The summed E-state index contributed by atoms with van der Waals surface area (Å²) in [4.78, 5) is 0. The monoisotopic (exact) mass is 259 g/mol. The average molecular weight is 259 g/mol. The smallest absolute Gasteiger partial charge is 0.316 e. The molecule has 0 spiro atoms. The van der Waals surface area contributed by atoms with E-state index in [1.165, 1.54) is 0 Å². The first kappa shape index (κ1) is 14.4. The Labute approximate surface area is 101 Å². The van der Waals surface area contributed by atoms with Crippen molar-refractivity contribution in [3.05, 3.63) is 35.9 Å². The van der Waals surface area contributed by atoms with Crippen LogP contribution < -0.4 is 5.48 Å². The zero-order chi connectivity index (χ0) is 12.7. The number of benzene rings is 1. The summed E-state index contributed by atoms with van der Waals surface area (Å²) in [5.41, 5.74) is 2.67. The molecular formula is C11H18NO4P. The molecule has 17 heavy (non-hydrogen) atoms. The van der Waals surface area contributed by atoms with Crippen molar-refractivity contribution in [2.24, 2.45) is 0 Å². The predicted molar refractivity (Wildman–Crippen MR) is 65.0 cm³/mol. The summed E-state index contributed by atoms with van der Waals surface area (Å²) in [7, 11) is -3.41. The minimum atomic E-state index is -3.41. The van der Waals surface area contributed by atoms with E-state index in [2.05, 4.69) is 0 Å². The molecule has 0 aliphatic heterocycles. The Morgan fingerprint density at radius 1 is 1.24 bits per heavy atom. The topological polar surface area (TPSA) is 67.8 Å². The van der Waals surface area contributed by atoms with E-state index < -0.39 is 13.4 Å². The lowest BCUT2D eigenvalue weighted by atomic mass is 10.2. The summed E-state index contributed by atoms with van der Waals surface area (Å²) >= 11 is 0. The lowest BCUT2D eigenvalue weighted by molar-refractivity contribution is 0.125. The van der Waals surface area contributed by atoms with Gasteiger partial charge in [0.15, 0.2) is 5.78 Å². The number of nitrogens with one attached hydrogen (secondary N) is 1. The molecule has 0 radical (unpaired) electrons. The standard InChI is InChI=1S/C11H18NO4P/c1-3-15-17(14,16-4-2)11(12-13)10-8-6-5-7-9-10/h5-9,11-13H,3-4H2,1-2H3. The van der Waals surface area contributed by atoms with Crippen LogP contribution in [0.2, 0.25) is 0 Å². The molecule has 6 heteroatoms. The van der Waals surface area contributed by atoms with Crippen LogP contribution in [0.1, 0.15) is 25.2 Å². The highest BCUT2D eigenvalue weighted by atomic mass is 31.2. The number of hydroxylamine groups is 1. The van der Waals surface area contributed by atoms with Gasteiger partial charge in [-0.15, -0.1) is 0 Å². The van der Waals surface area contributed by atoms with Gasteiger partial charge in [0.25, 0.3) is 0 Å². The van der Waals surface area contributed by atoms with Gasteiger partial charge in [0.05, 0.1) is 13.2 Å². The van der Waals surface area contributed by atoms with Crippen LogP contribution in [0.25, 0.3) is 0 Å². The number of hydrogen-bond acceptors (Lipinski definition) is 5. The van der Waals surface area contributed by atoms with Crippen molar-refractivity contribution in [1.29, 1.82) is 0 Å². The van der Waals surface area contributed by atoms with Crippen LogP contribution >= 0.6 is 7.60 Å². The SMILES string of the molecule is CCOP(=O)(OCC)C(NO)c1ccccc1. The highest BCUT2D eigenvalue weighted by molar-refractivity contribution is 7.54. The average Bonchev–Trinajstić information content (AvgIpc) is 2.31. The second-order valence-electron chi connectivity index (χ2n) is 3.32. The molecule has 5 nitrogen and oxygen atoms in total. The van der Waals surface area contributed by atoms with Gasteiger partial charge in [0.1, 0.15) is 0 Å². The molecule has 0 heterocycles. The Hall–Kier alpha value is -0.710. The Morgan fingerprint density at radius 3 is 2.18 bits per heavy atom. The van der Waals surface area contributed by atoms with Crippen LogP contribution in [-0.2, 0) is 13.6 Å². The van der Waals surface area contributed by atoms with Gasteiger partial charge in [0, 0.05) is 0 Å². The molecule has 0 saturated heterocycles. The lowest BCUT2D eigenvalue weighted by Crippen LogP contribution is -2.20. The van der Waals surface area contributed by atoms with Crippen molar-refractivity contribution < 1.29 is 18.8 Å². The van der Waals surface area contributed by atoms with E-state index in [9.17, 15) is 9.77 Å². The molecule has 0 aliphatic carbocycles. The summed E-state index contributed by atoms with van der Waals surface area (Å²) in [6.07, 6.45) is 0. The van der Waals surface area contributed by atoms with Crippen LogP contribution in [0.5, 0.6) is 0 Å². The molecule has 0 amide bonds. The molecular weight excluding hydrogens is 241 g/mol. The maximum absolute atomic E-state index is 12.5. The third-order valence-electron chi connectivity index (χ3n) is 2.17. The normalized spacial score (nSPS) is 13.6. The number of hydrogen-bond donors (Lipinski definition) is 2. The van der Waals surface area contributed by atoms with E-state index in [-0.39, 0.29) is 13.2 Å². The van der Waals surface area contributed by atoms with Gasteiger partial charge in [-0.2, -0.15) is 5.48 Å². The fraction of sp³-hybridized carbons (Fsp3) is 0.455. The molecule has 1 aromatic rings. The van der Waals surface area contributed by atoms with Crippen molar-refractivity contribution in [2.75, 3.05) is 13.2 Å². The summed E-state index contributed by atoms with van der Waals surface area (Å²) in [5.74, 6) is -0.872. The van der Waals surface area contributed by atoms with Gasteiger partial charge in [-0.25, -0.2) is 0 Å². The van der Waals surface area contributed by atoms with Gasteiger partial charge in [0.2, 0.25) is 0 Å². The van der Waals surface area contributed by atoms with E-state index in [0.29, 0.717) is 5.56 Å². The highest BCUT2D eigenvalue weighted by Gasteiger charge is 2.36.